The fourth-order valence-electron chi connectivity index (χ4n) is 4.04. The predicted octanol–water partition coefficient (Wildman–Crippen LogP) is 3.08. The van der Waals surface area contributed by atoms with Crippen LogP contribution in [0.1, 0.15) is 10.4 Å². The average Bonchev–Trinajstić information content (AvgIpc) is 2.99. The Hall–Kier alpha value is -4.55. The Morgan fingerprint density at radius 1 is 0.696 bits per heavy atom. The molecule has 14 nitrogen and oxygen atoms in total. The summed E-state index contributed by atoms with van der Waals surface area (Å²) in [4.78, 5) is 11.5. The Kier molecular flexibility index (Phi) is 10.3. The van der Waals surface area contributed by atoms with E-state index in [0.717, 1.165) is 6.07 Å². The summed E-state index contributed by atoms with van der Waals surface area (Å²) in [6.45, 7) is 0. The molecule has 0 aliphatic carbocycles. The Bertz CT molecular complexity index is 2210. The first-order valence-corrected chi connectivity index (χ1v) is 15.6. The molecular formula is C29H21N6NaO8S2. The van der Waals surface area contributed by atoms with Gasteiger partial charge in [0.15, 0.2) is 0 Å². The van der Waals surface area contributed by atoms with Crippen molar-refractivity contribution in [3.8, 4) is 5.75 Å². The standard InChI is InChI=1S/C29H22N6O8S2.Na/c30-19-3-1-17(2-4-19)29(37)31-23-11-14-25-18(15-23)16-26(45(41,42)43)27(28(25)36)35-34-21-7-5-20(6-8-21)32-33-22-9-12-24(13-10-22)44(38,39)40;/h1-16,36H,30H2,(H,31,37)(H,38,39,40)(H,41,42,43);/q;+1/p-1. The fraction of sp³-hybridized carbons (Fsp3) is 0. The van der Waals surface area contributed by atoms with Gasteiger partial charge in [0.1, 0.15) is 4.90 Å². The maximum Gasteiger partial charge on any atom is 1.00 e. The number of azo groups is 2. The van der Waals surface area contributed by atoms with Crippen LogP contribution >= 0.6 is 0 Å². The van der Waals surface area contributed by atoms with E-state index in [0.29, 0.717) is 22.6 Å². The number of nitrogens with two attached hydrogens (primary N) is 1. The summed E-state index contributed by atoms with van der Waals surface area (Å²) in [7, 11) is -9.25. The van der Waals surface area contributed by atoms with Crippen LogP contribution in [-0.4, -0.2) is 31.8 Å². The van der Waals surface area contributed by atoms with Gasteiger partial charge in [-0.3, -0.25) is 13.9 Å². The molecule has 0 aromatic heterocycles. The number of amides is 1. The van der Waals surface area contributed by atoms with Crippen molar-refractivity contribution in [3.05, 3.63) is 103 Å². The first-order chi connectivity index (χ1) is 21.3. The molecule has 0 atom stereocenters. The van der Waals surface area contributed by atoms with Gasteiger partial charge in [0.05, 0.1) is 27.6 Å². The second-order valence-corrected chi connectivity index (χ2v) is 12.2. The second kappa shape index (κ2) is 13.8. The van der Waals surface area contributed by atoms with Crippen LogP contribution in [-0.2, 0) is 20.2 Å². The molecule has 0 saturated carbocycles. The molecule has 0 bridgehead atoms. The molecule has 0 aliphatic heterocycles. The summed E-state index contributed by atoms with van der Waals surface area (Å²) < 4.78 is 65.6. The maximum atomic E-state index is 13.3. The van der Waals surface area contributed by atoms with Crippen molar-refractivity contribution in [2.45, 2.75) is 9.79 Å². The summed E-state index contributed by atoms with van der Waals surface area (Å²) >= 11 is 0. The SMILES string of the molecule is Nc1ccc(C(=O)Nc2ccc3c([O-])c(N=Nc4ccc(N=Nc5ccc(S(=O)(=O)O)cc5)cc4)c(S(=O)(=O)O)cc3c2)cc1.[Na+]. The number of fused-ring (bicyclic) bond motifs is 1. The van der Waals surface area contributed by atoms with E-state index in [2.05, 4.69) is 25.8 Å². The van der Waals surface area contributed by atoms with Crippen LogP contribution in [0, 0.1) is 0 Å². The molecule has 0 fully saturated rings. The number of nitrogens with zero attached hydrogens (tertiary/aromatic N) is 4. The summed E-state index contributed by atoms with van der Waals surface area (Å²) in [6.07, 6.45) is 0. The summed E-state index contributed by atoms with van der Waals surface area (Å²) in [5.74, 6) is -1.27. The molecular weight excluding hydrogens is 647 g/mol. The minimum absolute atomic E-state index is 0. The molecule has 228 valence electrons. The first kappa shape index (κ1) is 34.3. The van der Waals surface area contributed by atoms with Crippen molar-refractivity contribution >= 4 is 71.0 Å². The van der Waals surface area contributed by atoms with Crippen LogP contribution in [0.3, 0.4) is 0 Å². The minimum Gasteiger partial charge on any atom is -0.871 e. The van der Waals surface area contributed by atoms with E-state index >= 15 is 0 Å². The molecule has 0 radical (unpaired) electrons. The Morgan fingerprint density at radius 2 is 1.22 bits per heavy atom. The van der Waals surface area contributed by atoms with E-state index in [1.54, 1.807) is 12.1 Å². The second-order valence-electron chi connectivity index (χ2n) is 9.42. The third-order valence-corrected chi connectivity index (χ3v) is 8.01. The molecule has 5 aromatic rings. The van der Waals surface area contributed by atoms with Crippen LogP contribution in [0.5, 0.6) is 5.75 Å². The molecule has 0 spiro atoms. The number of anilines is 2. The van der Waals surface area contributed by atoms with E-state index in [-0.39, 0.29) is 56.6 Å². The van der Waals surface area contributed by atoms with Gasteiger partial charge in [0.2, 0.25) is 0 Å². The van der Waals surface area contributed by atoms with E-state index in [1.165, 1.54) is 78.9 Å². The maximum absolute atomic E-state index is 13.3. The van der Waals surface area contributed by atoms with E-state index in [1.807, 2.05) is 0 Å². The normalized spacial score (nSPS) is 12.0. The Labute approximate surface area is 284 Å². The monoisotopic (exact) mass is 668 g/mol. The zero-order chi connectivity index (χ0) is 32.4. The number of nitrogens with one attached hydrogen (secondary N) is 1. The molecule has 5 aromatic carbocycles. The van der Waals surface area contributed by atoms with Gasteiger partial charge in [-0.05, 0) is 102 Å². The molecule has 1 amide bonds. The van der Waals surface area contributed by atoms with Crippen molar-refractivity contribution in [1.29, 1.82) is 0 Å². The Morgan fingerprint density at radius 3 is 1.74 bits per heavy atom. The number of hydrogen-bond acceptors (Lipinski definition) is 11. The number of carbonyl (C=O) groups excluding carboxylic acids is 1. The third kappa shape index (κ3) is 8.18. The van der Waals surface area contributed by atoms with Crippen molar-refractivity contribution in [1.82, 2.24) is 0 Å². The van der Waals surface area contributed by atoms with Crippen LogP contribution in [0.2, 0.25) is 0 Å². The van der Waals surface area contributed by atoms with Gasteiger partial charge in [-0.15, -0.1) is 5.11 Å². The van der Waals surface area contributed by atoms with E-state index in [4.69, 9.17) is 10.3 Å². The van der Waals surface area contributed by atoms with E-state index in [9.17, 15) is 31.3 Å². The largest absolute Gasteiger partial charge is 1.00 e. The molecule has 5 N–H and O–H groups in total. The van der Waals surface area contributed by atoms with Crippen LogP contribution in [0.25, 0.3) is 10.8 Å². The number of nitrogen functional groups attached to an aromatic ring is 1. The van der Waals surface area contributed by atoms with Gasteiger partial charge in [-0.1, -0.05) is 11.8 Å². The molecule has 0 heterocycles. The van der Waals surface area contributed by atoms with Crippen LogP contribution in [0.4, 0.5) is 34.1 Å². The molecule has 0 saturated heterocycles. The summed E-state index contributed by atoms with van der Waals surface area (Å²) in [5.41, 5.74) is 7.03. The molecule has 0 aliphatic rings. The number of rotatable bonds is 8. The third-order valence-electron chi connectivity index (χ3n) is 6.27. The van der Waals surface area contributed by atoms with Crippen molar-refractivity contribution in [2.24, 2.45) is 20.5 Å². The van der Waals surface area contributed by atoms with Gasteiger partial charge >= 0.3 is 29.6 Å². The first-order valence-electron chi connectivity index (χ1n) is 12.7. The number of hydrogen-bond donors (Lipinski definition) is 4. The molecule has 5 rings (SSSR count). The number of benzene rings is 5. The molecule has 17 heteroatoms. The Balaban J connectivity index is 0.00000480. The smallest absolute Gasteiger partial charge is 0.871 e. The molecule has 46 heavy (non-hydrogen) atoms. The minimum atomic E-state index is -4.91. The summed E-state index contributed by atoms with van der Waals surface area (Å²) in [6, 6.07) is 22.5. The zero-order valence-corrected chi connectivity index (χ0v) is 27.4. The van der Waals surface area contributed by atoms with Crippen LogP contribution < -0.4 is 45.7 Å². The van der Waals surface area contributed by atoms with Gasteiger partial charge < -0.3 is 16.2 Å². The fourth-order valence-corrected chi connectivity index (χ4v) is 5.17. The predicted molar refractivity (Wildman–Crippen MR) is 163 cm³/mol. The van der Waals surface area contributed by atoms with E-state index < -0.39 is 42.5 Å². The zero-order valence-electron chi connectivity index (χ0n) is 23.8. The van der Waals surface area contributed by atoms with Gasteiger partial charge in [0, 0.05) is 16.9 Å². The van der Waals surface area contributed by atoms with Gasteiger partial charge in [-0.2, -0.15) is 32.2 Å². The molecule has 0 unspecified atom stereocenters. The van der Waals surface area contributed by atoms with Crippen molar-refractivity contribution in [2.75, 3.05) is 11.1 Å². The average molecular weight is 669 g/mol. The van der Waals surface area contributed by atoms with Crippen molar-refractivity contribution in [3.63, 3.8) is 0 Å². The number of carbonyl (C=O) groups is 1. The topological polar surface area (TPSA) is 236 Å². The van der Waals surface area contributed by atoms with Gasteiger partial charge in [0.25, 0.3) is 26.1 Å². The summed E-state index contributed by atoms with van der Waals surface area (Å²) in [5, 5.41) is 31.9. The quantitative estimate of drug-likeness (QED) is 0.0821. The van der Waals surface area contributed by atoms with Gasteiger partial charge in [-0.25, -0.2) is 0 Å². The van der Waals surface area contributed by atoms with Crippen molar-refractivity contribution < 1.29 is 65.4 Å². The van der Waals surface area contributed by atoms with Crippen LogP contribution in [0.15, 0.2) is 127 Å².